The standard InChI is InChI=1S/C15H16ClN3S/c1-10-7-12-15(17-8-10)19(14(18-12)3-5-16)9-13-11(2)4-6-20-13/h4,6-8H,3,5,9H2,1-2H3. The summed E-state index contributed by atoms with van der Waals surface area (Å²) in [5, 5.41) is 2.13. The van der Waals surface area contributed by atoms with Crippen LogP contribution >= 0.6 is 22.9 Å². The van der Waals surface area contributed by atoms with E-state index in [1.165, 1.54) is 10.4 Å². The summed E-state index contributed by atoms with van der Waals surface area (Å²) >= 11 is 7.69. The van der Waals surface area contributed by atoms with Gasteiger partial charge in [0.25, 0.3) is 0 Å². The Morgan fingerprint density at radius 3 is 2.90 bits per heavy atom. The number of nitrogens with zero attached hydrogens (tertiary/aromatic N) is 3. The van der Waals surface area contributed by atoms with Gasteiger partial charge in [0, 0.05) is 23.4 Å². The molecule has 3 heterocycles. The van der Waals surface area contributed by atoms with E-state index < -0.39 is 0 Å². The van der Waals surface area contributed by atoms with Crippen molar-refractivity contribution < 1.29 is 0 Å². The van der Waals surface area contributed by atoms with Crippen LogP contribution in [0.2, 0.25) is 0 Å². The highest BCUT2D eigenvalue weighted by molar-refractivity contribution is 7.10. The third kappa shape index (κ3) is 2.45. The molecule has 3 nitrogen and oxygen atoms in total. The van der Waals surface area contributed by atoms with Gasteiger partial charge >= 0.3 is 0 Å². The lowest BCUT2D eigenvalue weighted by Gasteiger charge is -2.07. The van der Waals surface area contributed by atoms with Crippen molar-refractivity contribution in [3.63, 3.8) is 0 Å². The molecule has 0 spiro atoms. The maximum Gasteiger partial charge on any atom is 0.160 e. The Morgan fingerprint density at radius 1 is 1.35 bits per heavy atom. The summed E-state index contributed by atoms with van der Waals surface area (Å²) in [4.78, 5) is 10.6. The van der Waals surface area contributed by atoms with Crippen LogP contribution in [0.3, 0.4) is 0 Å². The molecule has 3 aromatic rings. The molecule has 0 N–H and O–H groups in total. The van der Waals surface area contributed by atoms with E-state index in [0.29, 0.717) is 5.88 Å². The molecule has 0 aliphatic heterocycles. The first-order valence-electron chi connectivity index (χ1n) is 6.59. The smallest absolute Gasteiger partial charge is 0.160 e. The van der Waals surface area contributed by atoms with Gasteiger partial charge in [0.05, 0.1) is 6.54 Å². The minimum Gasteiger partial charge on any atom is -0.307 e. The summed E-state index contributed by atoms with van der Waals surface area (Å²) in [5.74, 6) is 1.59. The van der Waals surface area contributed by atoms with Crippen LogP contribution in [-0.2, 0) is 13.0 Å². The number of fused-ring (bicyclic) bond motifs is 1. The number of aryl methyl sites for hydroxylation is 3. The van der Waals surface area contributed by atoms with Crippen LogP contribution in [0.5, 0.6) is 0 Å². The molecular weight excluding hydrogens is 290 g/mol. The summed E-state index contributed by atoms with van der Waals surface area (Å²) in [6, 6.07) is 4.23. The predicted octanol–water partition coefficient (Wildman–Crippen LogP) is 3.94. The highest BCUT2D eigenvalue weighted by atomic mass is 35.5. The van der Waals surface area contributed by atoms with E-state index in [1.807, 2.05) is 13.1 Å². The maximum atomic E-state index is 5.91. The second-order valence-corrected chi connectivity index (χ2v) is 6.31. The molecule has 0 unspecified atom stereocenters. The molecule has 104 valence electrons. The fourth-order valence-electron chi connectivity index (χ4n) is 2.31. The van der Waals surface area contributed by atoms with Gasteiger partial charge in [0.15, 0.2) is 5.65 Å². The molecule has 5 heteroatoms. The molecule has 0 saturated heterocycles. The Bertz CT molecular complexity index is 745. The van der Waals surface area contributed by atoms with Crippen LogP contribution in [-0.4, -0.2) is 20.4 Å². The number of imidazole rings is 1. The first-order valence-corrected chi connectivity index (χ1v) is 8.01. The molecule has 0 bridgehead atoms. The van der Waals surface area contributed by atoms with Crippen molar-refractivity contribution in [1.29, 1.82) is 0 Å². The van der Waals surface area contributed by atoms with E-state index in [-0.39, 0.29) is 0 Å². The summed E-state index contributed by atoms with van der Waals surface area (Å²) in [5.41, 5.74) is 4.36. The van der Waals surface area contributed by atoms with Gasteiger partial charge < -0.3 is 4.57 Å². The van der Waals surface area contributed by atoms with Crippen LogP contribution in [0.4, 0.5) is 0 Å². The molecule has 0 aromatic carbocycles. The summed E-state index contributed by atoms with van der Waals surface area (Å²) in [6.45, 7) is 5.00. The van der Waals surface area contributed by atoms with Crippen LogP contribution in [0.1, 0.15) is 21.8 Å². The number of pyridine rings is 1. The number of halogens is 1. The number of alkyl halides is 1. The van der Waals surface area contributed by atoms with Crippen molar-refractivity contribution in [1.82, 2.24) is 14.5 Å². The van der Waals surface area contributed by atoms with Crippen LogP contribution in [0.15, 0.2) is 23.7 Å². The van der Waals surface area contributed by atoms with Crippen molar-refractivity contribution >= 4 is 34.1 Å². The molecule has 0 amide bonds. The van der Waals surface area contributed by atoms with Gasteiger partial charge in [-0.15, -0.1) is 22.9 Å². The highest BCUT2D eigenvalue weighted by Gasteiger charge is 2.13. The molecular formula is C15H16ClN3S. The molecule has 0 saturated carbocycles. The second kappa shape index (κ2) is 5.54. The van der Waals surface area contributed by atoms with Gasteiger partial charge in [-0.1, -0.05) is 0 Å². The average molecular weight is 306 g/mol. The molecule has 0 atom stereocenters. The third-order valence-corrected chi connectivity index (χ3v) is 4.59. The van der Waals surface area contributed by atoms with Gasteiger partial charge in [0.2, 0.25) is 0 Å². The highest BCUT2D eigenvalue weighted by Crippen LogP contribution is 2.22. The molecule has 0 radical (unpaired) electrons. The zero-order valence-electron chi connectivity index (χ0n) is 11.6. The molecule has 0 fully saturated rings. The van der Waals surface area contributed by atoms with Crippen molar-refractivity contribution in [2.75, 3.05) is 5.88 Å². The largest absolute Gasteiger partial charge is 0.307 e. The Morgan fingerprint density at radius 2 is 2.20 bits per heavy atom. The van der Waals surface area contributed by atoms with Crippen LogP contribution in [0.25, 0.3) is 11.2 Å². The summed E-state index contributed by atoms with van der Waals surface area (Å²) in [6.07, 6.45) is 2.66. The van der Waals surface area contributed by atoms with Crippen molar-refractivity contribution in [3.8, 4) is 0 Å². The lowest BCUT2D eigenvalue weighted by molar-refractivity contribution is 0.753. The van der Waals surface area contributed by atoms with Gasteiger partial charge in [0.1, 0.15) is 11.3 Å². The van der Waals surface area contributed by atoms with Crippen molar-refractivity contribution in [2.45, 2.75) is 26.8 Å². The number of hydrogen-bond acceptors (Lipinski definition) is 3. The Balaban J connectivity index is 2.11. The van der Waals surface area contributed by atoms with Crippen LogP contribution < -0.4 is 0 Å². The van der Waals surface area contributed by atoms with Gasteiger partial charge in [-0.3, -0.25) is 0 Å². The Hall–Kier alpha value is -1.39. The number of rotatable bonds is 4. The monoisotopic (exact) mass is 305 g/mol. The van der Waals surface area contributed by atoms with Gasteiger partial charge in [-0.05, 0) is 42.5 Å². The Kier molecular flexibility index (Phi) is 3.76. The lowest BCUT2D eigenvalue weighted by Crippen LogP contribution is -2.06. The number of aromatic nitrogens is 3. The predicted molar refractivity (Wildman–Crippen MR) is 84.8 cm³/mol. The lowest BCUT2D eigenvalue weighted by atomic mass is 10.3. The summed E-state index contributed by atoms with van der Waals surface area (Å²) < 4.78 is 2.19. The average Bonchev–Trinajstić information content (AvgIpc) is 2.96. The molecule has 0 aliphatic rings. The van der Waals surface area contributed by atoms with E-state index in [1.54, 1.807) is 11.3 Å². The SMILES string of the molecule is Cc1cnc2c(c1)nc(CCCl)n2Cc1sccc1C. The van der Waals surface area contributed by atoms with Gasteiger partial charge in [-0.25, -0.2) is 9.97 Å². The quantitative estimate of drug-likeness (QED) is 0.684. The van der Waals surface area contributed by atoms with Crippen molar-refractivity contribution in [2.24, 2.45) is 0 Å². The van der Waals surface area contributed by atoms with E-state index in [4.69, 9.17) is 16.6 Å². The minimum absolute atomic E-state index is 0.575. The zero-order chi connectivity index (χ0) is 14.1. The molecule has 3 rings (SSSR count). The van der Waals surface area contributed by atoms with Gasteiger partial charge in [-0.2, -0.15) is 0 Å². The summed E-state index contributed by atoms with van der Waals surface area (Å²) in [7, 11) is 0. The Labute approximate surface area is 127 Å². The number of hydrogen-bond donors (Lipinski definition) is 0. The molecule has 3 aromatic heterocycles. The maximum absolute atomic E-state index is 5.91. The fourth-order valence-corrected chi connectivity index (χ4v) is 3.37. The topological polar surface area (TPSA) is 30.7 Å². The fraction of sp³-hybridized carbons (Fsp3) is 0.333. The second-order valence-electron chi connectivity index (χ2n) is 4.94. The molecule has 20 heavy (non-hydrogen) atoms. The van der Waals surface area contributed by atoms with E-state index in [0.717, 1.165) is 35.5 Å². The van der Waals surface area contributed by atoms with E-state index in [2.05, 4.69) is 34.0 Å². The first-order chi connectivity index (χ1) is 9.69. The molecule has 0 aliphatic carbocycles. The normalized spacial score (nSPS) is 11.3. The third-order valence-electron chi connectivity index (χ3n) is 3.39. The van der Waals surface area contributed by atoms with Crippen LogP contribution in [0, 0.1) is 13.8 Å². The van der Waals surface area contributed by atoms with E-state index in [9.17, 15) is 0 Å². The number of thiophene rings is 1. The zero-order valence-corrected chi connectivity index (χ0v) is 13.1. The first kappa shape index (κ1) is 13.6. The minimum atomic E-state index is 0.575. The van der Waals surface area contributed by atoms with Crippen molar-refractivity contribution in [3.05, 3.63) is 45.5 Å². The van der Waals surface area contributed by atoms with E-state index >= 15 is 0 Å².